The molecule has 0 amide bonds. The first kappa shape index (κ1) is 11.7. The fourth-order valence-electron chi connectivity index (χ4n) is 1.48. The van der Waals surface area contributed by atoms with E-state index in [1.54, 1.807) is 11.8 Å². The molecule has 0 aliphatic carbocycles. The minimum Gasteiger partial charge on any atom is -0.384 e. The first-order valence-corrected chi connectivity index (χ1v) is 7.49. The molecule has 2 N–H and O–H groups in total. The molecule has 0 saturated carbocycles. The molecule has 16 heavy (non-hydrogen) atoms. The van der Waals surface area contributed by atoms with Gasteiger partial charge < -0.3 is 5.73 Å². The average Bonchev–Trinajstić information content (AvgIpc) is 2.31. The molecule has 1 aromatic rings. The summed E-state index contributed by atoms with van der Waals surface area (Å²) in [5.74, 6) is 2.02. The Hall–Kier alpha value is -0.790. The summed E-state index contributed by atoms with van der Waals surface area (Å²) in [6, 6.07) is 3.00. The number of hydrogen-bond acceptors (Lipinski definition) is 5. The third-order valence-corrected chi connectivity index (χ3v) is 5.19. The van der Waals surface area contributed by atoms with Crippen molar-refractivity contribution >= 4 is 27.6 Å². The van der Waals surface area contributed by atoms with Gasteiger partial charge in [-0.25, -0.2) is 13.4 Å². The van der Waals surface area contributed by atoms with Crippen LogP contribution in [0.25, 0.3) is 0 Å². The molecule has 1 aromatic heterocycles. The van der Waals surface area contributed by atoms with Gasteiger partial charge in [0.05, 0.1) is 0 Å². The van der Waals surface area contributed by atoms with Crippen molar-refractivity contribution in [1.82, 2.24) is 9.29 Å². The van der Waals surface area contributed by atoms with Crippen LogP contribution in [0.3, 0.4) is 0 Å². The Morgan fingerprint density at radius 1 is 1.31 bits per heavy atom. The van der Waals surface area contributed by atoms with Crippen LogP contribution in [0.1, 0.15) is 0 Å². The molecule has 2 rings (SSSR count). The van der Waals surface area contributed by atoms with Gasteiger partial charge in [0.15, 0.2) is 0 Å². The summed E-state index contributed by atoms with van der Waals surface area (Å²) >= 11 is 1.77. The highest BCUT2D eigenvalue weighted by molar-refractivity contribution is 7.99. The summed E-state index contributed by atoms with van der Waals surface area (Å²) in [5, 5.41) is 0. The highest BCUT2D eigenvalue weighted by Gasteiger charge is 2.26. The number of hydrogen-bond donors (Lipinski definition) is 1. The average molecular weight is 259 g/mol. The summed E-state index contributed by atoms with van der Waals surface area (Å²) in [6.07, 6.45) is 1.31. The highest BCUT2D eigenvalue weighted by Crippen LogP contribution is 2.19. The maximum Gasteiger partial charge on any atom is 0.244 e. The zero-order valence-corrected chi connectivity index (χ0v) is 10.3. The Morgan fingerprint density at radius 3 is 2.56 bits per heavy atom. The molecule has 0 atom stereocenters. The highest BCUT2D eigenvalue weighted by atomic mass is 32.2. The molecule has 7 heteroatoms. The molecule has 1 fully saturated rings. The van der Waals surface area contributed by atoms with Gasteiger partial charge in [-0.05, 0) is 12.1 Å². The molecule has 0 bridgehead atoms. The fraction of sp³-hybridized carbons (Fsp3) is 0.444. The minimum atomic E-state index is -3.38. The van der Waals surface area contributed by atoms with Gasteiger partial charge >= 0.3 is 0 Å². The van der Waals surface area contributed by atoms with Crippen molar-refractivity contribution in [2.24, 2.45) is 0 Å². The second kappa shape index (κ2) is 4.60. The van der Waals surface area contributed by atoms with E-state index < -0.39 is 10.0 Å². The second-order valence-electron chi connectivity index (χ2n) is 3.44. The SMILES string of the molecule is Nc1ccc(S(=O)(=O)N2CCSCC2)cn1. The van der Waals surface area contributed by atoms with Gasteiger partial charge in [0.25, 0.3) is 0 Å². The summed E-state index contributed by atoms with van der Waals surface area (Å²) in [6.45, 7) is 1.13. The second-order valence-corrected chi connectivity index (χ2v) is 6.60. The Kier molecular flexibility index (Phi) is 3.36. The predicted molar refractivity (Wildman–Crippen MR) is 64.7 cm³/mol. The van der Waals surface area contributed by atoms with Crippen LogP contribution in [-0.2, 0) is 10.0 Å². The van der Waals surface area contributed by atoms with Crippen LogP contribution >= 0.6 is 11.8 Å². The number of thioether (sulfide) groups is 1. The van der Waals surface area contributed by atoms with Gasteiger partial charge in [0.2, 0.25) is 10.0 Å². The van der Waals surface area contributed by atoms with E-state index in [0.717, 1.165) is 11.5 Å². The molecule has 88 valence electrons. The zero-order valence-electron chi connectivity index (χ0n) is 8.67. The molecular weight excluding hydrogens is 246 g/mol. The van der Waals surface area contributed by atoms with E-state index in [2.05, 4.69) is 4.98 Å². The lowest BCUT2D eigenvalue weighted by Crippen LogP contribution is -2.37. The van der Waals surface area contributed by atoms with E-state index in [-0.39, 0.29) is 4.90 Å². The molecule has 5 nitrogen and oxygen atoms in total. The molecule has 1 saturated heterocycles. The molecule has 2 heterocycles. The van der Waals surface area contributed by atoms with Gasteiger partial charge in [0.1, 0.15) is 10.7 Å². The third-order valence-electron chi connectivity index (χ3n) is 2.37. The van der Waals surface area contributed by atoms with Crippen LogP contribution in [-0.4, -0.2) is 42.3 Å². The van der Waals surface area contributed by atoms with E-state index in [9.17, 15) is 8.42 Å². The van der Waals surface area contributed by atoms with Crippen LogP contribution in [0.4, 0.5) is 5.82 Å². The van der Waals surface area contributed by atoms with Crippen LogP contribution < -0.4 is 5.73 Å². The zero-order chi connectivity index (χ0) is 11.6. The monoisotopic (exact) mass is 259 g/mol. The van der Waals surface area contributed by atoms with Crippen LogP contribution in [0.2, 0.25) is 0 Å². The van der Waals surface area contributed by atoms with Crippen molar-refractivity contribution in [1.29, 1.82) is 0 Å². The van der Waals surface area contributed by atoms with Crippen molar-refractivity contribution in [3.8, 4) is 0 Å². The van der Waals surface area contributed by atoms with Gasteiger partial charge in [0, 0.05) is 30.8 Å². The van der Waals surface area contributed by atoms with E-state index in [1.807, 2.05) is 0 Å². The standard InChI is InChI=1S/C9H13N3O2S2/c10-9-2-1-8(7-11-9)16(13,14)12-3-5-15-6-4-12/h1-2,7H,3-6H2,(H2,10,11). The number of rotatable bonds is 2. The first-order valence-electron chi connectivity index (χ1n) is 4.90. The maximum absolute atomic E-state index is 12.1. The van der Waals surface area contributed by atoms with Crippen molar-refractivity contribution in [2.45, 2.75) is 4.90 Å². The summed E-state index contributed by atoms with van der Waals surface area (Å²) in [4.78, 5) is 4.02. The van der Waals surface area contributed by atoms with Crippen LogP contribution in [0.5, 0.6) is 0 Å². The number of nitrogens with two attached hydrogens (primary N) is 1. The lowest BCUT2D eigenvalue weighted by atomic mass is 10.5. The molecule has 0 unspecified atom stereocenters. The largest absolute Gasteiger partial charge is 0.384 e. The van der Waals surface area contributed by atoms with Gasteiger partial charge in [-0.2, -0.15) is 16.1 Å². The normalized spacial score (nSPS) is 18.5. The van der Waals surface area contributed by atoms with Crippen molar-refractivity contribution in [2.75, 3.05) is 30.3 Å². The number of nitrogen functional groups attached to an aromatic ring is 1. The molecular formula is C9H13N3O2S2. The smallest absolute Gasteiger partial charge is 0.244 e. The number of nitrogens with zero attached hydrogens (tertiary/aromatic N) is 2. The van der Waals surface area contributed by atoms with Gasteiger partial charge in [-0.1, -0.05) is 0 Å². The Bertz CT molecular complexity index is 452. The molecule has 1 aliphatic heterocycles. The summed E-state index contributed by atoms with van der Waals surface area (Å²) in [5.41, 5.74) is 5.43. The number of sulfonamides is 1. The maximum atomic E-state index is 12.1. The Labute approximate surface area is 99.1 Å². The van der Waals surface area contributed by atoms with E-state index in [4.69, 9.17) is 5.73 Å². The number of anilines is 1. The lowest BCUT2D eigenvalue weighted by Gasteiger charge is -2.25. The minimum absolute atomic E-state index is 0.216. The van der Waals surface area contributed by atoms with Gasteiger partial charge in [-0.15, -0.1) is 0 Å². The number of aromatic nitrogens is 1. The quantitative estimate of drug-likeness (QED) is 0.832. The van der Waals surface area contributed by atoms with E-state index in [0.29, 0.717) is 18.9 Å². The molecule has 0 spiro atoms. The van der Waals surface area contributed by atoms with E-state index >= 15 is 0 Å². The number of pyridine rings is 1. The summed E-state index contributed by atoms with van der Waals surface area (Å²) < 4.78 is 25.8. The van der Waals surface area contributed by atoms with Crippen molar-refractivity contribution < 1.29 is 8.42 Å². The fourth-order valence-corrected chi connectivity index (χ4v) is 4.00. The van der Waals surface area contributed by atoms with Crippen LogP contribution in [0, 0.1) is 0 Å². The van der Waals surface area contributed by atoms with Crippen molar-refractivity contribution in [3.63, 3.8) is 0 Å². The summed E-state index contributed by atoms with van der Waals surface area (Å²) in [7, 11) is -3.38. The van der Waals surface area contributed by atoms with Crippen LogP contribution in [0.15, 0.2) is 23.2 Å². The Morgan fingerprint density at radius 2 is 2.00 bits per heavy atom. The lowest BCUT2D eigenvalue weighted by molar-refractivity contribution is 0.443. The molecule has 1 aliphatic rings. The molecule has 0 radical (unpaired) electrons. The first-order chi connectivity index (χ1) is 7.60. The van der Waals surface area contributed by atoms with E-state index in [1.165, 1.54) is 22.6 Å². The van der Waals surface area contributed by atoms with Gasteiger partial charge in [-0.3, -0.25) is 0 Å². The van der Waals surface area contributed by atoms with Crippen molar-refractivity contribution in [3.05, 3.63) is 18.3 Å². The predicted octanol–water partition coefficient (Wildman–Crippen LogP) is 0.401. The third kappa shape index (κ3) is 2.31. The Balaban J connectivity index is 2.27. The molecule has 0 aromatic carbocycles. The topological polar surface area (TPSA) is 76.3 Å².